The molecule has 3 rings (SSSR count). The maximum Gasteiger partial charge on any atom is 0.315 e. The van der Waals surface area contributed by atoms with Crippen molar-refractivity contribution < 1.29 is 14.3 Å². The molecule has 3 N–H and O–H groups in total. The molecule has 1 heterocycles. The molecule has 1 aliphatic heterocycles. The quantitative estimate of drug-likeness (QED) is 0.750. The van der Waals surface area contributed by atoms with Gasteiger partial charge in [0.05, 0.1) is 6.04 Å². The largest absolute Gasteiger partial charge is 0.396 e. The second-order valence-corrected chi connectivity index (χ2v) is 6.74. The molecule has 1 aromatic carbocycles. The maximum atomic E-state index is 13.8. The molecule has 0 saturated heterocycles. The highest BCUT2D eigenvalue weighted by molar-refractivity contribution is 7.99. The molecule has 0 radical (unpaired) electrons. The maximum absolute atomic E-state index is 13.8. The highest BCUT2D eigenvalue weighted by Gasteiger charge is 2.26. The number of benzene rings is 1. The Labute approximate surface area is 133 Å². The van der Waals surface area contributed by atoms with Crippen molar-refractivity contribution >= 4 is 17.8 Å². The first-order valence-electron chi connectivity index (χ1n) is 7.45. The third kappa shape index (κ3) is 3.28. The minimum Gasteiger partial charge on any atom is -0.396 e. The second-order valence-electron chi connectivity index (χ2n) is 5.64. The zero-order valence-electron chi connectivity index (χ0n) is 12.1. The molecule has 0 aromatic heterocycles. The molecule has 22 heavy (non-hydrogen) atoms. The van der Waals surface area contributed by atoms with Crippen molar-refractivity contribution in [3.8, 4) is 0 Å². The molecule has 1 aromatic rings. The number of thioether (sulfide) groups is 1. The van der Waals surface area contributed by atoms with E-state index < -0.39 is 0 Å². The average molecular weight is 322 g/mol. The monoisotopic (exact) mass is 322 g/mol. The first-order chi connectivity index (χ1) is 10.7. The lowest BCUT2D eigenvalue weighted by Crippen LogP contribution is -2.43. The lowest BCUT2D eigenvalue weighted by atomic mass is 10.0. The fourth-order valence-electron chi connectivity index (χ4n) is 2.92. The van der Waals surface area contributed by atoms with Gasteiger partial charge < -0.3 is 15.7 Å². The SMILES string of the molecule is O=C(N[C@@H]1C=C[C@H](CO)C1)N[C@@H]1CCSc2c(F)cccc21. The predicted molar refractivity (Wildman–Crippen MR) is 84.3 cm³/mol. The fraction of sp³-hybridized carbons (Fsp3) is 0.438. The Bertz CT molecular complexity index is 594. The summed E-state index contributed by atoms with van der Waals surface area (Å²) in [5.74, 6) is 0.680. The fourth-order valence-corrected chi connectivity index (χ4v) is 4.06. The topological polar surface area (TPSA) is 61.4 Å². The Kier molecular flexibility index (Phi) is 4.69. The van der Waals surface area contributed by atoms with Crippen LogP contribution in [-0.2, 0) is 0 Å². The summed E-state index contributed by atoms with van der Waals surface area (Å²) < 4.78 is 13.8. The molecular formula is C16H19FN2O2S. The van der Waals surface area contributed by atoms with E-state index in [4.69, 9.17) is 5.11 Å². The second kappa shape index (κ2) is 6.71. The van der Waals surface area contributed by atoms with E-state index in [0.29, 0.717) is 4.90 Å². The number of hydrogen-bond donors (Lipinski definition) is 3. The molecule has 2 amide bonds. The van der Waals surface area contributed by atoms with E-state index in [0.717, 1.165) is 24.2 Å². The first-order valence-corrected chi connectivity index (χ1v) is 8.43. The number of nitrogens with one attached hydrogen (secondary N) is 2. The number of carbonyl (C=O) groups is 1. The van der Waals surface area contributed by atoms with Crippen LogP contribution in [0.15, 0.2) is 35.2 Å². The van der Waals surface area contributed by atoms with Crippen LogP contribution < -0.4 is 10.6 Å². The number of carbonyl (C=O) groups excluding carboxylic acids is 1. The number of halogens is 1. The lowest BCUT2D eigenvalue weighted by molar-refractivity contribution is 0.228. The number of fused-ring (bicyclic) bond motifs is 1. The van der Waals surface area contributed by atoms with Crippen molar-refractivity contribution in [3.05, 3.63) is 41.7 Å². The summed E-state index contributed by atoms with van der Waals surface area (Å²) in [4.78, 5) is 12.8. The summed E-state index contributed by atoms with van der Waals surface area (Å²) in [5.41, 5.74) is 0.849. The number of hydrogen-bond acceptors (Lipinski definition) is 3. The van der Waals surface area contributed by atoms with E-state index in [1.807, 2.05) is 18.2 Å². The number of aliphatic hydroxyl groups is 1. The molecule has 4 nitrogen and oxygen atoms in total. The van der Waals surface area contributed by atoms with Crippen LogP contribution in [0.25, 0.3) is 0 Å². The summed E-state index contributed by atoms with van der Waals surface area (Å²) in [6, 6.07) is 4.53. The Hall–Kier alpha value is -1.53. The minimum atomic E-state index is -0.250. The van der Waals surface area contributed by atoms with E-state index in [9.17, 15) is 9.18 Å². The standard InChI is InChI=1S/C16H19FN2O2S/c17-13-3-1-2-12-14(6-7-22-15(12)13)19-16(21)18-11-5-4-10(8-11)9-20/h1-5,10-11,14,20H,6-9H2,(H2,18,19,21)/t10-,11+,14+/m0/s1. The molecule has 3 atom stereocenters. The number of urea groups is 1. The van der Waals surface area contributed by atoms with Crippen molar-refractivity contribution in [1.82, 2.24) is 10.6 Å². The Balaban J connectivity index is 1.61. The van der Waals surface area contributed by atoms with Crippen molar-refractivity contribution in [2.24, 2.45) is 5.92 Å². The zero-order valence-corrected chi connectivity index (χ0v) is 12.9. The van der Waals surface area contributed by atoms with Gasteiger partial charge in [-0.3, -0.25) is 0 Å². The molecule has 2 aliphatic rings. The van der Waals surface area contributed by atoms with Gasteiger partial charge in [-0.1, -0.05) is 24.3 Å². The van der Waals surface area contributed by atoms with Crippen LogP contribution in [0.2, 0.25) is 0 Å². The van der Waals surface area contributed by atoms with Gasteiger partial charge in [0.2, 0.25) is 0 Å². The lowest BCUT2D eigenvalue weighted by Gasteiger charge is -2.27. The van der Waals surface area contributed by atoms with E-state index in [1.165, 1.54) is 17.8 Å². The third-order valence-electron chi connectivity index (χ3n) is 4.05. The van der Waals surface area contributed by atoms with E-state index in [1.54, 1.807) is 6.07 Å². The molecule has 0 unspecified atom stereocenters. The smallest absolute Gasteiger partial charge is 0.315 e. The summed E-state index contributed by atoms with van der Waals surface area (Å²) in [7, 11) is 0. The van der Waals surface area contributed by atoms with Crippen LogP contribution in [0.3, 0.4) is 0 Å². The van der Waals surface area contributed by atoms with Gasteiger partial charge in [0.1, 0.15) is 5.82 Å². The van der Waals surface area contributed by atoms with Gasteiger partial charge in [0.25, 0.3) is 0 Å². The van der Waals surface area contributed by atoms with Gasteiger partial charge >= 0.3 is 6.03 Å². The Morgan fingerprint density at radius 3 is 3.00 bits per heavy atom. The van der Waals surface area contributed by atoms with Crippen molar-refractivity contribution in [3.63, 3.8) is 0 Å². The van der Waals surface area contributed by atoms with Crippen molar-refractivity contribution in [2.75, 3.05) is 12.4 Å². The van der Waals surface area contributed by atoms with Gasteiger partial charge in [-0.05, 0) is 24.5 Å². The van der Waals surface area contributed by atoms with Crippen molar-refractivity contribution in [1.29, 1.82) is 0 Å². The molecule has 118 valence electrons. The molecular weight excluding hydrogens is 303 g/mol. The summed E-state index contributed by atoms with van der Waals surface area (Å²) in [6.45, 7) is 0.1000. The molecule has 0 saturated carbocycles. The summed E-state index contributed by atoms with van der Waals surface area (Å²) in [6.07, 6.45) is 5.33. The highest BCUT2D eigenvalue weighted by Crippen LogP contribution is 2.37. The van der Waals surface area contributed by atoms with Crippen LogP contribution >= 0.6 is 11.8 Å². The first kappa shape index (κ1) is 15.4. The summed E-state index contributed by atoms with van der Waals surface area (Å²) in [5, 5.41) is 14.9. The van der Waals surface area contributed by atoms with Gasteiger partial charge in [-0.25, -0.2) is 9.18 Å². The van der Waals surface area contributed by atoms with Crippen LogP contribution in [-0.4, -0.2) is 29.5 Å². The Morgan fingerprint density at radius 1 is 1.36 bits per heavy atom. The normalized spacial score (nSPS) is 26.5. The van der Waals surface area contributed by atoms with E-state index in [-0.39, 0.29) is 36.5 Å². The average Bonchev–Trinajstić information content (AvgIpc) is 2.96. The predicted octanol–water partition coefficient (Wildman–Crippen LogP) is 2.60. The number of aliphatic hydroxyl groups excluding tert-OH is 1. The van der Waals surface area contributed by atoms with Gasteiger partial charge in [0, 0.05) is 29.2 Å². The van der Waals surface area contributed by atoms with E-state index in [2.05, 4.69) is 10.6 Å². The Morgan fingerprint density at radius 2 is 2.23 bits per heavy atom. The van der Waals surface area contributed by atoms with Crippen LogP contribution in [0.1, 0.15) is 24.4 Å². The zero-order chi connectivity index (χ0) is 15.5. The molecule has 0 spiro atoms. The summed E-state index contributed by atoms with van der Waals surface area (Å²) >= 11 is 1.50. The molecule has 6 heteroatoms. The molecule has 0 bridgehead atoms. The van der Waals surface area contributed by atoms with E-state index >= 15 is 0 Å². The highest BCUT2D eigenvalue weighted by atomic mass is 32.2. The van der Waals surface area contributed by atoms with Crippen LogP contribution in [0.5, 0.6) is 0 Å². The van der Waals surface area contributed by atoms with Crippen LogP contribution in [0, 0.1) is 11.7 Å². The van der Waals surface area contributed by atoms with Crippen molar-refractivity contribution in [2.45, 2.75) is 29.8 Å². The third-order valence-corrected chi connectivity index (χ3v) is 5.21. The number of amides is 2. The molecule has 1 aliphatic carbocycles. The van der Waals surface area contributed by atoms with Gasteiger partial charge in [-0.15, -0.1) is 11.8 Å². The molecule has 0 fully saturated rings. The van der Waals surface area contributed by atoms with Gasteiger partial charge in [-0.2, -0.15) is 0 Å². The number of rotatable bonds is 3. The van der Waals surface area contributed by atoms with Crippen LogP contribution in [0.4, 0.5) is 9.18 Å². The van der Waals surface area contributed by atoms with Gasteiger partial charge in [0.15, 0.2) is 0 Å². The minimum absolute atomic E-state index is 0.0536.